The highest BCUT2D eigenvalue weighted by atomic mass is 16.1. The van der Waals surface area contributed by atoms with Gasteiger partial charge in [-0.3, -0.25) is 4.79 Å². The molecule has 0 atom stereocenters. The Kier molecular flexibility index (Phi) is 5.37. The SMILES string of the molecule is CC(C)(C)c1ccccc1NC(=O)c1cc(Nc2ccccc2C#N)ncn1. The highest BCUT2D eigenvalue weighted by Crippen LogP contribution is 2.29. The smallest absolute Gasteiger partial charge is 0.274 e. The van der Waals surface area contributed by atoms with Gasteiger partial charge in [0.25, 0.3) is 5.91 Å². The van der Waals surface area contributed by atoms with Crippen molar-refractivity contribution < 1.29 is 4.79 Å². The predicted molar refractivity (Wildman–Crippen MR) is 110 cm³/mol. The summed E-state index contributed by atoms with van der Waals surface area (Å²) in [6.45, 7) is 6.28. The van der Waals surface area contributed by atoms with Gasteiger partial charge in [-0.2, -0.15) is 5.26 Å². The van der Waals surface area contributed by atoms with Crippen LogP contribution >= 0.6 is 0 Å². The third-order valence-corrected chi connectivity index (χ3v) is 4.19. The number of amides is 1. The van der Waals surface area contributed by atoms with Crippen molar-refractivity contribution in [1.29, 1.82) is 5.26 Å². The second kappa shape index (κ2) is 7.89. The minimum atomic E-state index is -0.323. The number of carbonyl (C=O) groups is 1. The summed E-state index contributed by atoms with van der Waals surface area (Å²) in [5.74, 6) is 0.114. The number of benzene rings is 2. The van der Waals surface area contributed by atoms with E-state index in [4.69, 9.17) is 0 Å². The fraction of sp³-hybridized carbons (Fsp3) is 0.182. The number of anilines is 3. The van der Waals surface area contributed by atoms with Gasteiger partial charge < -0.3 is 10.6 Å². The third-order valence-electron chi connectivity index (χ3n) is 4.19. The van der Waals surface area contributed by atoms with E-state index >= 15 is 0 Å². The van der Waals surface area contributed by atoms with Gasteiger partial charge in [-0.05, 0) is 29.2 Å². The lowest BCUT2D eigenvalue weighted by atomic mass is 9.86. The Labute approximate surface area is 164 Å². The van der Waals surface area contributed by atoms with E-state index in [1.165, 1.54) is 6.33 Å². The summed E-state index contributed by atoms with van der Waals surface area (Å²) in [6, 6.07) is 18.5. The van der Waals surface area contributed by atoms with Crippen molar-refractivity contribution >= 4 is 23.1 Å². The highest BCUT2D eigenvalue weighted by Gasteiger charge is 2.19. The Morgan fingerprint density at radius 3 is 2.39 bits per heavy atom. The number of nitrogens with zero attached hydrogens (tertiary/aromatic N) is 3. The van der Waals surface area contributed by atoms with Crippen LogP contribution in [0.4, 0.5) is 17.2 Å². The monoisotopic (exact) mass is 371 g/mol. The third kappa shape index (κ3) is 4.33. The van der Waals surface area contributed by atoms with Crippen LogP contribution in [0.5, 0.6) is 0 Å². The van der Waals surface area contributed by atoms with Crippen molar-refractivity contribution in [3.8, 4) is 6.07 Å². The Hall–Kier alpha value is -3.72. The molecule has 0 saturated heterocycles. The van der Waals surface area contributed by atoms with Crippen LogP contribution < -0.4 is 10.6 Å². The van der Waals surface area contributed by atoms with Gasteiger partial charge in [0.15, 0.2) is 0 Å². The molecule has 3 aromatic rings. The van der Waals surface area contributed by atoms with Crippen molar-refractivity contribution in [2.45, 2.75) is 26.2 Å². The van der Waals surface area contributed by atoms with Crippen LogP contribution in [0.3, 0.4) is 0 Å². The van der Waals surface area contributed by atoms with Gasteiger partial charge >= 0.3 is 0 Å². The van der Waals surface area contributed by atoms with E-state index in [-0.39, 0.29) is 17.0 Å². The molecule has 1 amide bonds. The van der Waals surface area contributed by atoms with Crippen LogP contribution in [-0.2, 0) is 5.41 Å². The number of aromatic nitrogens is 2. The first-order valence-corrected chi connectivity index (χ1v) is 8.87. The summed E-state index contributed by atoms with van der Waals surface area (Å²) in [4.78, 5) is 21.0. The zero-order valence-corrected chi connectivity index (χ0v) is 16.0. The number of hydrogen-bond donors (Lipinski definition) is 2. The Balaban J connectivity index is 1.83. The van der Waals surface area contributed by atoms with Crippen LogP contribution in [-0.4, -0.2) is 15.9 Å². The molecular weight excluding hydrogens is 350 g/mol. The summed E-state index contributed by atoms with van der Waals surface area (Å²) in [6.07, 6.45) is 1.32. The summed E-state index contributed by atoms with van der Waals surface area (Å²) in [7, 11) is 0. The molecule has 1 aromatic heterocycles. The lowest BCUT2D eigenvalue weighted by Gasteiger charge is -2.22. The van der Waals surface area contributed by atoms with Gasteiger partial charge in [-0.15, -0.1) is 0 Å². The predicted octanol–water partition coefficient (Wildman–Crippen LogP) is 4.64. The first-order chi connectivity index (χ1) is 13.4. The van der Waals surface area contributed by atoms with Crippen LogP contribution in [0.15, 0.2) is 60.9 Å². The molecule has 0 aliphatic heterocycles. The lowest BCUT2D eigenvalue weighted by molar-refractivity contribution is 0.102. The Morgan fingerprint density at radius 1 is 1.00 bits per heavy atom. The van der Waals surface area contributed by atoms with Crippen molar-refractivity contribution in [3.63, 3.8) is 0 Å². The summed E-state index contributed by atoms with van der Waals surface area (Å²) in [5, 5.41) is 15.2. The number of hydrogen-bond acceptors (Lipinski definition) is 5. The minimum Gasteiger partial charge on any atom is -0.339 e. The van der Waals surface area contributed by atoms with E-state index < -0.39 is 0 Å². The molecule has 0 radical (unpaired) electrons. The van der Waals surface area contributed by atoms with E-state index in [1.54, 1.807) is 24.3 Å². The zero-order chi connectivity index (χ0) is 20.1. The molecule has 0 spiro atoms. The molecule has 6 nitrogen and oxygen atoms in total. The normalized spacial score (nSPS) is 10.8. The quantitative estimate of drug-likeness (QED) is 0.697. The lowest BCUT2D eigenvalue weighted by Crippen LogP contribution is -2.19. The van der Waals surface area contributed by atoms with Gasteiger partial charge in [-0.1, -0.05) is 51.1 Å². The number of carbonyl (C=O) groups excluding carboxylic acids is 1. The van der Waals surface area contributed by atoms with Gasteiger partial charge in [0, 0.05) is 11.8 Å². The maximum absolute atomic E-state index is 12.7. The van der Waals surface area contributed by atoms with Gasteiger partial charge in [0.2, 0.25) is 0 Å². The summed E-state index contributed by atoms with van der Waals surface area (Å²) < 4.78 is 0. The highest BCUT2D eigenvalue weighted by molar-refractivity contribution is 6.03. The first kappa shape index (κ1) is 19.1. The maximum Gasteiger partial charge on any atom is 0.274 e. The van der Waals surface area contributed by atoms with Crippen LogP contribution in [0.2, 0.25) is 0 Å². The Morgan fingerprint density at radius 2 is 1.68 bits per heavy atom. The summed E-state index contributed by atoms with van der Waals surface area (Å²) in [5.41, 5.74) is 3.03. The minimum absolute atomic E-state index is 0.108. The van der Waals surface area contributed by atoms with E-state index in [0.29, 0.717) is 17.1 Å². The molecule has 1 heterocycles. The van der Waals surface area contributed by atoms with Crippen molar-refractivity contribution in [3.05, 3.63) is 77.7 Å². The second-order valence-electron chi connectivity index (χ2n) is 7.32. The van der Waals surface area contributed by atoms with E-state index in [9.17, 15) is 10.1 Å². The Bertz CT molecular complexity index is 1050. The molecule has 0 bridgehead atoms. The molecule has 0 aliphatic carbocycles. The van der Waals surface area contributed by atoms with Crippen molar-refractivity contribution in [1.82, 2.24) is 9.97 Å². The number of rotatable bonds is 4. The number of para-hydroxylation sites is 2. The number of nitriles is 1. The van der Waals surface area contributed by atoms with Gasteiger partial charge in [-0.25, -0.2) is 9.97 Å². The molecule has 140 valence electrons. The molecule has 2 N–H and O–H groups in total. The molecular formula is C22H21N5O. The molecule has 0 fully saturated rings. The van der Waals surface area contributed by atoms with Crippen LogP contribution in [0, 0.1) is 11.3 Å². The maximum atomic E-state index is 12.7. The fourth-order valence-electron chi connectivity index (χ4n) is 2.81. The zero-order valence-electron chi connectivity index (χ0n) is 16.0. The standard InChI is InChI=1S/C22H21N5O/c1-22(2,3)16-9-5-7-11-18(16)27-21(28)19-12-20(25-14-24-19)26-17-10-6-4-8-15(17)13-23/h4-12,14H,1-3H3,(H,27,28)(H,24,25,26). The molecule has 0 aliphatic rings. The van der Waals surface area contributed by atoms with Gasteiger partial charge in [0.05, 0.1) is 11.3 Å². The largest absolute Gasteiger partial charge is 0.339 e. The van der Waals surface area contributed by atoms with E-state index in [2.05, 4.69) is 47.4 Å². The molecule has 28 heavy (non-hydrogen) atoms. The van der Waals surface area contributed by atoms with Crippen LogP contribution in [0.1, 0.15) is 42.4 Å². The molecule has 3 rings (SSSR count). The molecule has 2 aromatic carbocycles. The average molecular weight is 371 g/mol. The molecule has 0 unspecified atom stereocenters. The van der Waals surface area contributed by atoms with E-state index in [1.807, 2.05) is 30.3 Å². The summed E-state index contributed by atoms with van der Waals surface area (Å²) >= 11 is 0. The topological polar surface area (TPSA) is 90.7 Å². The first-order valence-electron chi connectivity index (χ1n) is 8.87. The van der Waals surface area contributed by atoms with E-state index in [0.717, 1.165) is 11.3 Å². The molecule has 0 saturated carbocycles. The fourth-order valence-corrected chi connectivity index (χ4v) is 2.81. The second-order valence-corrected chi connectivity index (χ2v) is 7.32. The van der Waals surface area contributed by atoms with Crippen LogP contribution in [0.25, 0.3) is 0 Å². The molecule has 6 heteroatoms. The van der Waals surface area contributed by atoms with Crippen molar-refractivity contribution in [2.75, 3.05) is 10.6 Å². The average Bonchev–Trinajstić information content (AvgIpc) is 2.68. The number of nitrogens with one attached hydrogen (secondary N) is 2. The van der Waals surface area contributed by atoms with Crippen molar-refractivity contribution in [2.24, 2.45) is 0 Å². The van der Waals surface area contributed by atoms with Gasteiger partial charge in [0.1, 0.15) is 23.9 Å².